The van der Waals surface area contributed by atoms with Crippen LogP contribution >= 0.6 is 11.8 Å². The van der Waals surface area contributed by atoms with Crippen molar-refractivity contribution in [2.24, 2.45) is 0 Å². The summed E-state index contributed by atoms with van der Waals surface area (Å²) >= 11 is 0.811. The summed E-state index contributed by atoms with van der Waals surface area (Å²) in [6, 6.07) is 11.5. The van der Waals surface area contributed by atoms with Crippen LogP contribution in [0.4, 0.5) is 4.79 Å². The van der Waals surface area contributed by atoms with Gasteiger partial charge in [0.15, 0.2) is 11.5 Å². The van der Waals surface area contributed by atoms with Gasteiger partial charge in [-0.3, -0.25) is 19.3 Å². The van der Waals surface area contributed by atoms with Gasteiger partial charge in [0.2, 0.25) is 15.9 Å². The van der Waals surface area contributed by atoms with Crippen LogP contribution in [0.25, 0.3) is 6.08 Å². The monoisotopic (exact) mass is 533 g/mol. The Morgan fingerprint density at radius 2 is 1.72 bits per heavy atom. The number of hydrogen-bond acceptors (Lipinski definition) is 8. The number of aryl methyl sites for hydroxylation is 1. The van der Waals surface area contributed by atoms with Gasteiger partial charge in [0.1, 0.15) is 0 Å². The van der Waals surface area contributed by atoms with Crippen LogP contribution in [0.1, 0.15) is 17.5 Å². The number of methoxy groups -OCH3 is 2. The number of ether oxygens (including phenoxy) is 2. The molecule has 2 aromatic carbocycles. The summed E-state index contributed by atoms with van der Waals surface area (Å²) in [5, 5.41) is 2.16. The maximum atomic E-state index is 12.7. The Labute approximate surface area is 214 Å². The molecule has 10 nitrogen and oxygen atoms in total. The highest BCUT2D eigenvalue weighted by molar-refractivity contribution is 8.18. The summed E-state index contributed by atoms with van der Waals surface area (Å²) in [6.07, 6.45) is 1.50. The van der Waals surface area contributed by atoms with Crippen molar-refractivity contribution in [3.8, 4) is 11.5 Å². The van der Waals surface area contributed by atoms with E-state index in [1.165, 1.54) is 26.4 Å². The maximum Gasteiger partial charge on any atom is 0.293 e. The summed E-state index contributed by atoms with van der Waals surface area (Å²) in [7, 11) is -0.691. The molecular weight excluding hydrogens is 506 g/mol. The largest absolute Gasteiger partial charge is 0.493 e. The molecular formula is C24H27N3O7S2. The number of hydrogen-bond donors (Lipinski definition) is 2. The number of carbonyl (C=O) groups is 3. The highest BCUT2D eigenvalue weighted by Gasteiger charge is 2.34. The number of imide groups is 1. The van der Waals surface area contributed by atoms with E-state index in [0.717, 1.165) is 22.2 Å². The summed E-state index contributed by atoms with van der Waals surface area (Å²) in [5.41, 5.74) is 1.60. The lowest BCUT2D eigenvalue weighted by Gasteiger charge is -2.13. The molecule has 2 N–H and O–H groups in total. The molecule has 192 valence electrons. The summed E-state index contributed by atoms with van der Waals surface area (Å²) in [5.74, 6) is 0.171. The fraction of sp³-hybridized carbons (Fsp3) is 0.292. The Hall–Kier alpha value is -3.35. The molecule has 0 spiro atoms. The average Bonchev–Trinajstić information content (AvgIpc) is 3.11. The number of carbonyl (C=O) groups excluding carboxylic acids is 3. The smallest absolute Gasteiger partial charge is 0.293 e. The molecule has 2 aromatic rings. The summed E-state index contributed by atoms with van der Waals surface area (Å²) < 4.78 is 37.4. The maximum absolute atomic E-state index is 12.7. The first-order valence-electron chi connectivity index (χ1n) is 10.9. The van der Waals surface area contributed by atoms with E-state index in [1.54, 1.807) is 36.4 Å². The molecule has 36 heavy (non-hydrogen) atoms. The van der Waals surface area contributed by atoms with E-state index in [1.807, 2.05) is 6.92 Å². The predicted molar refractivity (Wildman–Crippen MR) is 136 cm³/mol. The third-order valence-electron chi connectivity index (χ3n) is 5.21. The van der Waals surface area contributed by atoms with Crippen molar-refractivity contribution in [1.82, 2.24) is 14.9 Å². The first kappa shape index (κ1) is 27.2. The molecule has 0 aromatic heterocycles. The van der Waals surface area contributed by atoms with Crippen LogP contribution in [-0.4, -0.2) is 64.2 Å². The Kier molecular flexibility index (Phi) is 9.13. The lowest BCUT2D eigenvalue weighted by molar-refractivity contribution is -0.124. The van der Waals surface area contributed by atoms with E-state index in [4.69, 9.17) is 9.47 Å². The van der Waals surface area contributed by atoms with E-state index in [-0.39, 0.29) is 35.9 Å². The van der Waals surface area contributed by atoms with Crippen LogP contribution in [0.3, 0.4) is 0 Å². The minimum absolute atomic E-state index is 0.00518. The van der Waals surface area contributed by atoms with Gasteiger partial charge >= 0.3 is 0 Å². The zero-order valence-electron chi connectivity index (χ0n) is 20.1. The molecule has 0 unspecified atom stereocenters. The van der Waals surface area contributed by atoms with Gasteiger partial charge in [-0.25, -0.2) is 13.1 Å². The molecule has 0 aliphatic carbocycles. The van der Waals surface area contributed by atoms with Crippen molar-refractivity contribution in [3.05, 3.63) is 58.5 Å². The highest BCUT2D eigenvalue weighted by Crippen LogP contribution is 2.34. The van der Waals surface area contributed by atoms with Crippen LogP contribution in [0, 0.1) is 6.92 Å². The molecule has 1 aliphatic heterocycles. The quantitative estimate of drug-likeness (QED) is 0.422. The first-order chi connectivity index (χ1) is 17.1. The minimum atomic E-state index is -3.71. The number of rotatable bonds is 11. The molecule has 1 saturated heterocycles. The van der Waals surface area contributed by atoms with Gasteiger partial charge in [0.25, 0.3) is 11.1 Å². The van der Waals surface area contributed by atoms with Crippen molar-refractivity contribution in [1.29, 1.82) is 0 Å². The van der Waals surface area contributed by atoms with Gasteiger partial charge < -0.3 is 14.8 Å². The lowest BCUT2D eigenvalue weighted by atomic mass is 10.2. The van der Waals surface area contributed by atoms with Gasteiger partial charge in [-0.05, 0) is 54.6 Å². The molecule has 3 amide bonds. The second-order valence-corrected chi connectivity index (χ2v) is 10.5. The molecule has 12 heteroatoms. The average molecular weight is 534 g/mol. The number of benzene rings is 2. The van der Waals surface area contributed by atoms with Crippen molar-refractivity contribution < 1.29 is 32.3 Å². The number of sulfonamides is 1. The zero-order chi connectivity index (χ0) is 26.3. The van der Waals surface area contributed by atoms with Crippen molar-refractivity contribution in [2.45, 2.75) is 18.2 Å². The highest BCUT2D eigenvalue weighted by atomic mass is 32.2. The lowest BCUT2D eigenvalue weighted by Crippen LogP contribution is -2.38. The van der Waals surface area contributed by atoms with Crippen LogP contribution < -0.4 is 19.5 Å². The fourth-order valence-electron chi connectivity index (χ4n) is 3.28. The Balaban J connectivity index is 1.47. The van der Waals surface area contributed by atoms with Crippen molar-refractivity contribution in [3.63, 3.8) is 0 Å². The first-order valence-corrected chi connectivity index (χ1v) is 13.2. The van der Waals surface area contributed by atoms with Crippen LogP contribution in [0.2, 0.25) is 0 Å². The van der Waals surface area contributed by atoms with E-state index in [2.05, 4.69) is 10.0 Å². The normalized spacial score (nSPS) is 14.9. The second kappa shape index (κ2) is 12.1. The molecule has 0 saturated carbocycles. The fourth-order valence-corrected chi connectivity index (χ4v) is 5.18. The predicted octanol–water partition coefficient (Wildman–Crippen LogP) is 2.53. The number of nitrogens with zero attached hydrogens (tertiary/aromatic N) is 1. The SMILES string of the molecule is COc1ccc(/C=C2/SC(=O)N(CCNC(=O)CCNS(=O)(=O)c3ccc(C)cc3)C2=O)cc1OC. The molecule has 0 atom stereocenters. The minimum Gasteiger partial charge on any atom is -0.493 e. The summed E-state index contributed by atoms with van der Waals surface area (Å²) in [6.45, 7) is 1.81. The van der Waals surface area contributed by atoms with Crippen molar-refractivity contribution >= 4 is 44.9 Å². The van der Waals surface area contributed by atoms with Crippen LogP contribution in [0.15, 0.2) is 52.3 Å². The molecule has 3 rings (SSSR count). The van der Waals surface area contributed by atoms with E-state index >= 15 is 0 Å². The third kappa shape index (κ3) is 6.86. The standard InChI is InChI=1S/C24H27N3O7S2/c1-16-4-7-18(8-5-16)36(31,32)26-11-10-22(28)25-12-13-27-23(29)21(35-24(27)30)15-17-6-9-19(33-2)20(14-17)34-3/h4-9,14-15,26H,10-13H2,1-3H3,(H,25,28)/b21-15+. The topological polar surface area (TPSA) is 131 Å². The van der Waals surface area contributed by atoms with Gasteiger partial charge in [-0.1, -0.05) is 23.8 Å². The zero-order valence-corrected chi connectivity index (χ0v) is 21.7. The van der Waals surface area contributed by atoms with Crippen LogP contribution in [0.5, 0.6) is 11.5 Å². The molecule has 0 radical (unpaired) electrons. The molecule has 1 aliphatic rings. The number of thioether (sulfide) groups is 1. The molecule has 1 heterocycles. The molecule has 1 fully saturated rings. The van der Waals surface area contributed by atoms with Crippen LogP contribution in [-0.2, 0) is 19.6 Å². The second-order valence-electron chi connectivity index (χ2n) is 7.76. The van der Waals surface area contributed by atoms with E-state index in [0.29, 0.717) is 17.1 Å². The molecule has 0 bridgehead atoms. The Morgan fingerprint density at radius 1 is 1.03 bits per heavy atom. The van der Waals surface area contributed by atoms with Crippen molar-refractivity contribution in [2.75, 3.05) is 33.9 Å². The Morgan fingerprint density at radius 3 is 2.39 bits per heavy atom. The number of amides is 3. The summed E-state index contributed by atoms with van der Waals surface area (Å²) in [4.78, 5) is 38.5. The van der Waals surface area contributed by atoms with Gasteiger partial charge in [0, 0.05) is 26.1 Å². The third-order valence-corrected chi connectivity index (χ3v) is 7.60. The Bertz CT molecular complexity index is 1280. The van der Waals surface area contributed by atoms with E-state index in [9.17, 15) is 22.8 Å². The van der Waals surface area contributed by atoms with E-state index < -0.39 is 27.1 Å². The van der Waals surface area contributed by atoms with Gasteiger partial charge in [-0.2, -0.15) is 0 Å². The van der Waals surface area contributed by atoms with Gasteiger partial charge in [-0.15, -0.1) is 0 Å². The number of nitrogens with one attached hydrogen (secondary N) is 2. The van der Waals surface area contributed by atoms with Gasteiger partial charge in [0.05, 0.1) is 24.0 Å².